The van der Waals surface area contributed by atoms with Crippen LogP contribution in [0.2, 0.25) is 0 Å². The number of hydrogen-bond donors (Lipinski definition) is 0. The molecule has 1 fully saturated rings. The summed E-state index contributed by atoms with van der Waals surface area (Å²) in [6, 6.07) is 7.95. The van der Waals surface area contributed by atoms with Crippen LogP contribution in [0.4, 0.5) is 4.79 Å². The molecular weight excluding hydrogens is 294 g/mol. The molecule has 5 nitrogen and oxygen atoms in total. The van der Waals surface area contributed by atoms with E-state index >= 15 is 0 Å². The highest BCUT2D eigenvalue weighted by molar-refractivity contribution is 5.92. The Hall–Kier alpha value is -2.04. The van der Waals surface area contributed by atoms with Gasteiger partial charge in [-0.2, -0.15) is 0 Å². The van der Waals surface area contributed by atoms with Gasteiger partial charge in [0.2, 0.25) is 0 Å². The van der Waals surface area contributed by atoms with Crippen LogP contribution in [-0.4, -0.2) is 34.7 Å². The second kappa shape index (κ2) is 5.25. The van der Waals surface area contributed by atoms with Crippen molar-refractivity contribution in [1.82, 2.24) is 4.90 Å². The van der Waals surface area contributed by atoms with Gasteiger partial charge < -0.3 is 9.47 Å². The molecule has 2 unspecified atom stereocenters. The third kappa shape index (κ3) is 2.58. The Morgan fingerprint density at radius 2 is 2.00 bits per heavy atom. The van der Waals surface area contributed by atoms with Gasteiger partial charge in [0, 0.05) is 5.92 Å². The normalized spacial score (nSPS) is 25.2. The zero-order valence-corrected chi connectivity index (χ0v) is 14.1. The molecule has 1 aromatic carbocycles. The van der Waals surface area contributed by atoms with Crippen LogP contribution >= 0.6 is 0 Å². The van der Waals surface area contributed by atoms with Crippen molar-refractivity contribution in [3.8, 4) is 0 Å². The van der Waals surface area contributed by atoms with E-state index < -0.39 is 17.2 Å². The Labute approximate surface area is 136 Å². The summed E-state index contributed by atoms with van der Waals surface area (Å²) in [5.41, 5.74) is 0.710. The molecule has 3 rings (SSSR count). The third-order valence-corrected chi connectivity index (χ3v) is 4.42. The highest BCUT2D eigenvalue weighted by Gasteiger charge is 2.69. The van der Waals surface area contributed by atoms with Crippen molar-refractivity contribution < 1.29 is 19.1 Å². The van der Waals surface area contributed by atoms with Crippen LogP contribution in [0.3, 0.4) is 0 Å². The first-order valence-corrected chi connectivity index (χ1v) is 8.05. The minimum atomic E-state index is -0.896. The summed E-state index contributed by atoms with van der Waals surface area (Å²) < 4.78 is 10.8. The molecule has 1 aliphatic heterocycles. The quantitative estimate of drug-likeness (QED) is 0.786. The molecule has 1 aliphatic carbocycles. The van der Waals surface area contributed by atoms with E-state index in [9.17, 15) is 9.59 Å². The molecule has 1 aromatic rings. The molecule has 2 aliphatic rings. The number of benzene rings is 1. The first-order chi connectivity index (χ1) is 10.8. The summed E-state index contributed by atoms with van der Waals surface area (Å²) in [6.07, 6.45) is 0.143. The summed E-state index contributed by atoms with van der Waals surface area (Å²) in [7, 11) is 0. The SMILES string of the molecule is CCOC(=O)C12CC1c1ccccc1CN2C(=O)OC(C)(C)C. The molecule has 124 valence electrons. The molecule has 1 amide bonds. The van der Waals surface area contributed by atoms with E-state index in [-0.39, 0.29) is 11.9 Å². The maximum Gasteiger partial charge on any atom is 0.411 e. The fraction of sp³-hybridized carbons (Fsp3) is 0.556. The first-order valence-electron chi connectivity index (χ1n) is 8.05. The van der Waals surface area contributed by atoms with Gasteiger partial charge >= 0.3 is 12.1 Å². The van der Waals surface area contributed by atoms with Crippen molar-refractivity contribution in [3.63, 3.8) is 0 Å². The van der Waals surface area contributed by atoms with E-state index in [4.69, 9.17) is 9.47 Å². The average molecular weight is 317 g/mol. The smallest absolute Gasteiger partial charge is 0.411 e. The van der Waals surface area contributed by atoms with Crippen molar-refractivity contribution in [2.45, 2.75) is 57.7 Å². The van der Waals surface area contributed by atoms with Gasteiger partial charge in [0.05, 0.1) is 13.2 Å². The molecule has 1 saturated carbocycles. The van der Waals surface area contributed by atoms with Gasteiger partial charge in [-0.25, -0.2) is 9.59 Å². The largest absolute Gasteiger partial charge is 0.464 e. The van der Waals surface area contributed by atoms with Crippen LogP contribution in [0, 0.1) is 0 Å². The van der Waals surface area contributed by atoms with Crippen LogP contribution in [0.15, 0.2) is 24.3 Å². The maximum absolute atomic E-state index is 12.7. The number of carbonyl (C=O) groups excluding carboxylic acids is 2. The first kappa shape index (κ1) is 15.8. The lowest BCUT2D eigenvalue weighted by atomic mass is 9.94. The van der Waals surface area contributed by atoms with Gasteiger partial charge in [-0.15, -0.1) is 0 Å². The third-order valence-electron chi connectivity index (χ3n) is 4.42. The number of amides is 1. The van der Waals surface area contributed by atoms with Gasteiger partial charge in [0.15, 0.2) is 5.54 Å². The minimum absolute atomic E-state index is 0.000909. The predicted octanol–water partition coefficient (Wildman–Crippen LogP) is 3.23. The number of fused-ring (bicyclic) bond motifs is 3. The lowest BCUT2D eigenvalue weighted by molar-refractivity contribution is -0.152. The Kier molecular flexibility index (Phi) is 3.62. The van der Waals surface area contributed by atoms with Gasteiger partial charge in [-0.1, -0.05) is 24.3 Å². The summed E-state index contributed by atoms with van der Waals surface area (Å²) in [4.78, 5) is 26.8. The topological polar surface area (TPSA) is 55.8 Å². The van der Waals surface area contributed by atoms with Crippen molar-refractivity contribution in [2.24, 2.45) is 0 Å². The van der Waals surface area contributed by atoms with Gasteiger partial charge in [-0.3, -0.25) is 4.90 Å². The summed E-state index contributed by atoms with van der Waals surface area (Å²) >= 11 is 0. The second-order valence-electron chi connectivity index (χ2n) is 7.17. The molecule has 0 aromatic heterocycles. The van der Waals surface area contributed by atoms with Crippen LogP contribution in [0.25, 0.3) is 0 Å². The maximum atomic E-state index is 12.7. The minimum Gasteiger partial charge on any atom is -0.464 e. The van der Waals surface area contributed by atoms with Crippen LogP contribution in [0.1, 0.15) is 51.2 Å². The van der Waals surface area contributed by atoms with Crippen LogP contribution in [-0.2, 0) is 20.8 Å². The highest BCUT2D eigenvalue weighted by atomic mass is 16.6. The zero-order chi connectivity index (χ0) is 16.8. The molecule has 5 heteroatoms. The lowest BCUT2D eigenvalue weighted by Gasteiger charge is -2.36. The van der Waals surface area contributed by atoms with Crippen molar-refractivity contribution in [1.29, 1.82) is 0 Å². The standard InChI is InChI=1S/C18H23NO4/c1-5-22-15(20)18-10-14(18)13-9-7-6-8-12(13)11-19(18)16(21)23-17(2,3)4/h6-9,14H,5,10-11H2,1-4H3. The van der Waals surface area contributed by atoms with E-state index in [0.717, 1.165) is 11.1 Å². The Balaban J connectivity index is 1.96. The molecule has 23 heavy (non-hydrogen) atoms. The van der Waals surface area contributed by atoms with Gasteiger partial charge in [0.25, 0.3) is 0 Å². The van der Waals surface area contributed by atoms with Crippen LogP contribution in [0.5, 0.6) is 0 Å². The van der Waals surface area contributed by atoms with Crippen molar-refractivity contribution in [3.05, 3.63) is 35.4 Å². The molecule has 0 N–H and O–H groups in total. The van der Waals surface area contributed by atoms with E-state index in [1.165, 1.54) is 0 Å². The Morgan fingerprint density at radius 1 is 1.30 bits per heavy atom. The fourth-order valence-electron chi connectivity index (χ4n) is 3.38. The van der Waals surface area contributed by atoms with E-state index in [1.54, 1.807) is 11.8 Å². The Morgan fingerprint density at radius 3 is 2.65 bits per heavy atom. The summed E-state index contributed by atoms with van der Waals surface area (Å²) in [5, 5.41) is 0. The Bertz CT molecular complexity index is 649. The summed E-state index contributed by atoms with van der Waals surface area (Å²) in [6.45, 7) is 7.93. The van der Waals surface area contributed by atoms with Gasteiger partial charge in [-0.05, 0) is 45.2 Å². The fourth-order valence-corrected chi connectivity index (χ4v) is 3.38. The van der Waals surface area contributed by atoms with E-state index in [0.29, 0.717) is 19.6 Å². The molecule has 0 spiro atoms. The number of carbonyl (C=O) groups is 2. The molecule has 0 radical (unpaired) electrons. The molecule has 2 atom stereocenters. The van der Waals surface area contributed by atoms with E-state index in [2.05, 4.69) is 0 Å². The molecular formula is C18H23NO4. The number of esters is 1. The number of hydrogen-bond acceptors (Lipinski definition) is 4. The van der Waals surface area contributed by atoms with Crippen molar-refractivity contribution in [2.75, 3.05) is 6.61 Å². The number of rotatable bonds is 2. The molecule has 1 heterocycles. The molecule has 0 bridgehead atoms. The van der Waals surface area contributed by atoms with E-state index in [1.807, 2.05) is 45.0 Å². The van der Waals surface area contributed by atoms with Gasteiger partial charge in [0.1, 0.15) is 5.60 Å². The zero-order valence-electron chi connectivity index (χ0n) is 14.1. The summed E-state index contributed by atoms with van der Waals surface area (Å²) in [5.74, 6) is -0.329. The number of nitrogens with zero attached hydrogens (tertiary/aromatic N) is 1. The molecule has 0 saturated heterocycles. The second-order valence-corrected chi connectivity index (χ2v) is 7.17. The lowest BCUT2D eigenvalue weighted by Crippen LogP contribution is -2.52. The highest BCUT2D eigenvalue weighted by Crippen LogP contribution is 2.60. The number of ether oxygens (including phenoxy) is 2. The predicted molar refractivity (Wildman–Crippen MR) is 84.9 cm³/mol. The average Bonchev–Trinajstić information content (AvgIpc) is 3.22. The monoisotopic (exact) mass is 317 g/mol. The van der Waals surface area contributed by atoms with Crippen molar-refractivity contribution >= 4 is 12.1 Å². The van der Waals surface area contributed by atoms with Crippen LogP contribution < -0.4 is 0 Å².